The van der Waals surface area contributed by atoms with Gasteiger partial charge in [-0.2, -0.15) is 0 Å². The summed E-state index contributed by atoms with van der Waals surface area (Å²) < 4.78 is 3.56. The summed E-state index contributed by atoms with van der Waals surface area (Å²) in [6, 6.07) is 7.95. The van der Waals surface area contributed by atoms with Gasteiger partial charge >= 0.3 is 0 Å². The van der Waals surface area contributed by atoms with E-state index >= 15 is 0 Å². The van der Waals surface area contributed by atoms with Gasteiger partial charge in [-0.25, -0.2) is 4.98 Å². The maximum Gasteiger partial charge on any atom is 0.239 e. The Morgan fingerprint density at radius 3 is 2.77 bits per heavy atom. The van der Waals surface area contributed by atoms with Crippen molar-refractivity contribution in [3.05, 3.63) is 36.7 Å². The zero-order valence-corrected chi connectivity index (χ0v) is 6.88. The average molecular weight is 167 g/mol. The first-order chi connectivity index (χ1) is 6.38. The summed E-state index contributed by atoms with van der Waals surface area (Å²) in [6.07, 6.45) is 3.64. The minimum Gasteiger partial charge on any atom is -0.367 e. The van der Waals surface area contributed by atoms with E-state index < -0.39 is 0 Å². The normalized spacial score (nSPS) is 11.4. The van der Waals surface area contributed by atoms with Gasteiger partial charge in [0, 0.05) is 12.4 Å². The van der Waals surface area contributed by atoms with Gasteiger partial charge in [0.05, 0.1) is 11.0 Å². The summed E-state index contributed by atoms with van der Waals surface area (Å²) in [7, 11) is 5.85. The highest BCUT2D eigenvalue weighted by Crippen LogP contribution is 2.17. The van der Waals surface area contributed by atoms with Crippen molar-refractivity contribution in [3.63, 3.8) is 0 Å². The molecular weight excluding hydrogens is 161 g/mol. The predicted molar refractivity (Wildman–Crippen MR) is 51.8 cm³/mol. The van der Waals surface area contributed by atoms with Crippen LogP contribution in [0, 0.1) is 0 Å². The number of nitrogens with zero attached hydrogens (tertiary/aromatic N) is 3. The molecule has 60 valence electrons. The van der Waals surface area contributed by atoms with Gasteiger partial charge < -0.3 is 4.48 Å². The molecule has 3 rings (SSSR count). The van der Waals surface area contributed by atoms with Crippen LogP contribution < -0.4 is 0 Å². The fourth-order valence-corrected chi connectivity index (χ4v) is 1.64. The summed E-state index contributed by atoms with van der Waals surface area (Å²) in [4.78, 5) is 4.16. The molecule has 0 saturated heterocycles. The van der Waals surface area contributed by atoms with E-state index in [0.717, 1.165) is 16.8 Å². The lowest BCUT2D eigenvalue weighted by Gasteiger charge is -1.92. The molecule has 2 radical (unpaired) electrons. The highest BCUT2D eigenvalue weighted by atomic mass is 15.2. The van der Waals surface area contributed by atoms with E-state index in [-0.39, 0.29) is 0 Å². The Bertz CT molecular complexity index is 579. The fraction of sp³-hybridized carbons (Fsp3) is 0. The standard InChI is InChI=1S/C9H6BN3/c10-13-8-4-2-1-3-7(8)12-6-5-11-9(12)13/h1-6H. The topological polar surface area (TPSA) is 22.2 Å². The van der Waals surface area contributed by atoms with Crippen LogP contribution in [-0.4, -0.2) is 21.8 Å². The van der Waals surface area contributed by atoms with E-state index in [0.29, 0.717) is 0 Å². The Morgan fingerprint density at radius 2 is 1.92 bits per heavy atom. The molecule has 0 saturated carbocycles. The molecule has 13 heavy (non-hydrogen) atoms. The molecule has 4 heteroatoms. The molecule has 0 bridgehead atoms. The minimum absolute atomic E-state index is 0.765. The number of benzene rings is 1. The molecule has 3 aromatic rings. The monoisotopic (exact) mass is 167 g/mol. The molecule has 0 aliphatic rings. The molecule has 0 atom stereocenters. The zero-order valence-electron chi connectivity index (χ0n) is 6.88. The van der Waals surface area contributed by atoms with Crippen LogP contribution in [0.15, 0.2) is 36.7 Å². The molecule has 3 nitrogen and oxygen atoms in total. The fourth-order valence-electron chi connectivity index (χ4n) is 1.64. The van der Waals surface area contributed by atoms with Crippen LogP contribution in [-0.2, 0) is 0 Å². The molecule has 0 spiro atoms. The van der Waals surface area contributed by atoms with Crippen LogP contribution in [0.5, 0.6) is 0 Å². The largest absolute Gasteiger partial charge is 0.367 e. The van der Waals surface area contributed by atoms with E-state index in [1.807, 2.05) is 34.9 Å². The summed E-state index contributed by atoms with van der Waals surface area (Å²) in [5, 5.41) is 0. The Morgan fingerprint density at radius 1 is 1.15 bits per heavy atom. The van der Waals surface area contributed by atoms with Crippen LogP contribution >= 0.6 is 0 Å². The Balaban J connectivity index is 2.72. The van der Waals surface area contributed by atoms with Gasteiger partial charge in [-0.05, 0) is 12.1 Å². The lowest BCUT2D eigenvalue weighted by molar-refractivity contribution is 1.20. The van der Waals surface area contributed by atoms with Crippen LogP contribution in [0.2, 0.25) is 0 Å². The van der Waals surface area contributed by atoms with Crippen LogP contribution in [0.4, 0.5) is 0 Å². The summed E-state index contributed by atoms with van der Waals surface area (Å²) in [5.74, 6) is 0.765. The third-order valence-electron chi connectivity index (χ3n) is 2.24. The van der Waals surface area contributed by atoms with Crippen LogP contribution in [0.3, 0.4) is 0 Å². The summed E-state index contributed by atoms with van der Waals surface area (Å²) >= 11 is 0. The van der Waals surface area contributed by atoms with Crippen molar-refractivity contribution in [3.8, 4) is 0 Å². The molecule has 2 aromatic heterocycles. The Hall–Kier alpha value is -1.71. The first-order valence-corrected chi connectivity index (χ1v) is 4.05. The second-order valence-electron chi connectivity index (χ2n) is 2.96. The first-order valence-electron chi connectivity index (χ1n) is 4.05. The molecule has 0 amide bonds. The molecule has 0 fully saturated rings. The highest BCUT2D eigenvalue weighted by Gasteiger charge is 2.05. The minimum atomic E-state index is 0.765. The maximum atomic E-state index is 5.85. The van der Waals surface area contributed by atoms with E-state index in [9.17, 15) is 0 Å². The van der Waals surface area contributed by atoms with Gasteiger partial charge in [0.25, 0.3) is 0 Å². The molecule has 1 aromatic carbocycles. The van der Waals surface area contributed by atoms with E-state index in [1.165, 1.54) is 0 Å². The van der Waals surface area contributed by atoms with Crippen molar-refractivity contribution in [2.24, 2.45) is 0 Å². The second kappa shape index (κ2) is 2.16. The lowest BCUT2D eigenvalue weighted by Crippen LogP contribution is -1.90. The number of hydrogen-bond donors (Lipinski definition) is 0. The molecule has 0 aliphatic heterocycles. The van der Waals surface area contributed by atoms with Crippen LogP contribution in [0.25, 0.3) is 16.8 Å². The number of aromatic nitrogens is 3. The molecule has 2 heterocycles. The number of rotatable bonds is 0. The van der Waals surface area contributed by atoms with Crippen molar-refractivity contribution < 1.29 is 0 Å². The molecule has 0 aliphatic carbocycles. The highest BCUT2D eigenvalue weighted by molar-refractivity contribution is 6.13. The van der Waals surface area contributed by atoms with Crippen molar-refractivity contribution in [2.75, 3.05) is 0 Å². The van der Waals surface area contributed by atoms with Gasteiger partial charge in [-0.1, -0.05) is 12.1 Å². The van der Waals surface area contributed by atoms with E-state index in [2.05, 4.69) is 4.98 Å². The van der Waals surface area contributed by atoms with Crippen molar-refractivity contribution in [1.82, 2.24) is 13.9 Å². The maximum absolute atomic E-state index is 5.85. The predicted octanol–water partition coefficient (Wildman–Crippen LogP) is 1.22. The lowest BCUT2D eigenvalue weighted by atomic mass is 10.3. The average Bonchev–Trinajstić information content (AvgIpc) is 2.72. The number of fused-ring (bicyclic) bond motifs is 3. The number of hydrogen-bond acceptors (Lipinski definition) is 1. The molecule has 0 N–H and O–H groups in total. The SMILES string of the molecule is [B]n1c2ccccc2n2ccnc12. The Labute approximate surface area is 76.0 Å². The summed E-state index contributed by atoms with van der Waals surface area (Å²) in [5.41, 5.74) is 2.07. The third-order valence-corrected chi connectivity index (χ3v) is 2.24. The van der Waals surface area contributed by atoms with Crippen LogP contribution in [0.1, 0.15) is 0 Å². The third kappa shape index (κ3) is 0.723. The second-order valence-corrected chi connectivity index (χ2v) is 2.96. The van der Waals surface area contributed by atoms with Gasteiger partial charge in [0.15, 0.2) is 0 Å². The van der Waals surface area contributed by atoms with Crippen molar-refractivity contribution >= 4 is 24.8 Å². The molecule has 0 unspecified atom stereocenters. The van der Waals surface area contributed by atoms with Crippen molar-refractivity contribution in [2.45, 2.75) is 0 Å². The van der Waals surface area contributed by atoms with Gasteiger partial charge in [-0.3, -0.25) is 4.40 Å². The quantitative estimate of drug-likeness (QED) is 0.461. The Kier molecular flexibility index (Phi) is 1.13. The number of para-hydroxylation sites is 2. The van der Waals surface area contributed by atoms with Gasteiger partial charge in [-0.15, -0.1) is 0 Å². The molecular formula is C9H6BN3. The first kappa shape index (κ1) is 6.77. The van der Waals surface area contributed by atoms with Gasteiger partial charge in [0.1, 0.15) is 0 Å². The zero-order chi connectivity index (χ0) is 8.84. The van der Waals surface area contributed by atoms with E-state index in [1.54, 1.807) is 10.7 Å². The van der Waals surface area contributed by atoms with Gasteiger partial charge in [0.2, 0.25) is 13.8 Å². The van der Waals surface area contributed by atoms with Crippen molar-refractivity contribution in [1.29, 1.82) is 0 Å². The number of imidazole rings is 2. The van der Waals surface area contributed by atoms with E-state index in [4.69, 9.17) is 7.98 Å². The summed E-state index contributed by atoms with van der Waals surface area (Å²) in [6.45, 7) is 0. The smallest absolute Gasteiger partial charge is 0.239 e.